The third-order valence-electron chi connectivity index (χ3n) is 6.91. The molecule has 5 aliphatic carbocycles. The highest BCUT2D eigenvalue weighted by atomic mass is 16.6. The van der Waals surface area contributed by atoms with Crippen molar-refractivity contribution < 1.29 is 9.72 Å². The van der Waals surface area contributed by atoms with Crippen molar-refractivity contribution in [1.29, 1.82) is 0 Å². The van der Waals surface area contributed by atoms with Gasteiger partial charge in [-0.05, 0) is 68.1 Å². The average Bonchev–Trinajstić information content (AvgIpc) is 3.23. The van der Waals surface area contributed by atoms with Gasteiger partial charge < -0.3 is 5.32 Å². The van der Waals surface area contributed by atoms with Crippen LogP contribution >= 0.6 is 0 Å². The summed E-state index contributed by atoms with van der Waals surface area (Å²) in [5, 5.41) is 14.0. The van der Waals surface area contributed by atoms with Crippen LogP contribution in [0.3, 0.4) is 0 Å². The standard InChI is InChI=1S/C17H26N2O3/c1-2-15(18-16(20)13-6-14(13)19(21)22)17-7-10-3-11(8-17)5-12(4-10)9-17/h10-15H,2-9H2,1H3,(H,18,20)/t10?,11?,12?,13-,14+,15-,17?/m0/s1. The Morgan fingerprint density at radius 1 is 1.18 bits per heavy atom. The largest absolute Gasteiger partial charge is 0.352 e. The summed E-state index contributed by atoms with van der Waals surface area (Å²) >= 11 is 0. The van der Waals surface area contributed by atoms with Gasteiger partial charge in [0.2, 0.25) is 11.9 Å². The first-order valence-corrected chi connectivity index (χ1v) is 8.94. The summed E-state index contributed by atoms with van der Waals surface area (Å²) in [7, 11) is 0. The summed E-state index contributed by atoms with van der Waals surface area (Å²) in [6.45, 7) is 2.15. The number of hydrogen-bond acceptors (Lipinski definition) is 3. The van der Waals surface area contributed by atoms with Crippen molar-refractivity contribution in [2.75, 3.05) is 0 Å². The Morgan fingerprint density at radius 3 is 2.14 bits per heavy atom. The number of carbonyl (C=O) groups excluding carboxylic acids is 1. The van der Waals surface area contributed by atoms with Crippen LogP contribution in [0.25, 0.3) is 0 Å². The first kappa shape index (κ1) is 14.5. The van der Waals surface area contributed by atoms with Crippen LogP contribution in [-0.4, -0.2) is 22.9 Å². The number of carbonyl (C=O) groups is 1. The first-order chi connectivity index (χ1) is 10.5. The van der Waals surface area contributed by atoms with E-state index in [9.17, 15) is 14.9 Å². The molecule has 5 fully saturated rings. The summed E-state index contributed by atoms with van der Waals surface area (Å²) in [6.07, 6.45) is 9.37. The van der Waals surface area contributed by atoms with Gasteiger partial charge in [-0.2, -0.15) is 0 Å². The smallest absolute Gasteiger partial charge is 0.230 e. The molecule has 0 heterocycles. The maximum absolute atomic E-state index is 12.4. The summed E-state index contributed by atoms with van der Waals surface area (Å²) in [6, 6.07) is -0.407. The van der Waals surface area contributed by atoms with Crippen LogP contribution in [0.1, 0.15) is 58.3 Å². The zero-order valence-corrected chi connectivity index (χ0v) is 13.3. The Bertz CT molecular complexity index is 469. The van der Waals surface area contributed by atoms with Gasteiger partial charge in [0.15, 0.2) is 0 Å². The van der Waals surface area contributed by atoms with Crippen molar-refractivity contribution in [3.05, 3.63) is 10.1 Å². The second-order valence-electron chi connectivity index (χ2n) is 8.44. The van der Waals surface area contributed by atoms with Gasteiger partial charge in [0.25, 0.3) is 0 Å². The molecule has 0 aromatic heterocycles. The quantitative estimate of drug-likeness (QED) is 0.627. The highest BCUT2D eigenvalue weighted by Crippen LogP contribution is 2.61. The topological polar surface area (TPSA) is 72.2 Å². The first-order valence-electron chi connectivity index (χ1n) is 8.94. The minimum Gasteiger partial charge on any atom is -0.352 e. The molecule has 5 rings (SSSR count). The molecular formula is C17H26N2O3. The molecule has 0 saturated heterocycles. The van der Waals surface area contributed by atoms with E-state index in [4.69, 9.17) is 0 Å². The highest BCUT2D eigenvalue weighted by molar-refractivity contribution is 5.82. The predicted molar refractivity (Wildman–Crippen MR) is 81.7 cm³/mol. The molecule has 5 saturated carbocycles. The van der Waals surface area contributed by atoms with Crippen molar-refractivity contribution in [3.63, 3.8) is 0 Å². The van der Waals surface area contributed by atoms with Gasteiger partial charge >= 0.3 is 0 Å². The molecule has 0 aromatic carbocycles. The molecule has 1 amide bonds. The Hall–Kier alpha value is -1.13. The molecular weight excluding hydrogens is 280 g/mol. The monoisotopic (exact) mass is 306 g/mol. The van der Waals surface area contributed by atoms with Gasteiger partial charge in [0.1, 0.15) is 5.92 Å². The Kier molecular flexibility index (Phi) is 3.24. The van der Waals surface area contributed by atoms with Crippen LogP contribution in [0.2, 0.25) is 0 Å². The van der Waals surface area contributed by atoms with Crippen molar-refractivity contribution in [1.82, 2.24) is 5.32 Å². The molecule has 0 aromatic rings. The van der Waals surface area contributed by atoms with Gasteiger partial charge in [-0.3, -0.25) is 14.9 Å². The fraction of sp³-hybridized carbons (Fsp3) is 0.941. The summed E-state index contributed by atoms with van der Waals surface area (Å²) < 4.78 is 0. The van der Waals surface area contributed by atoms with Crippen LogP contribution in [0, 0.1) is 39.2 Å². The van der Waals surface area contributed by atoms with Gasteiger partial charge in [0, 0.05) is 17.4 Å². The third kappa shape index (κ3) is 2.24. The fourth-order valence-corrected chi connectivity index (χ4v) is 6.27. The van der Waals surface area contributed by atoms with E-state index < -0.39 is 6.04 Å². The van der Waals surface area contributed by atoms with E-state index in [1.54, 1.807) is 0 Å². The van der Waals surface area contributed by atoms with Gasteiger partial charge in [0.05, 0.1) is 0 Å². The number of nitrogens with one attached hydrogen (secondary N) is 1. The lowest BCUT2D eigenvalue weighted by Gasteiger charge is -2.59. The van der Waals surface area contributed by atoms with E-state index in [0.717, 1.165) is 24.2 Å². The number of nitro groups is 1. The number of amides is 1. The van der Waals surface area contributed by atoms with E-state index in [-0.39, 0.29) is 28.2 Å². The van der Waals surface area contributed by atoms with E-state index in [1.165, 1.54) is 38.5 Å². The van der Waals surface area contributed by atoms with Crippen LogP contribution in [0.4, 0.5) is 0 Å². The molecule has 122 valence electrons. The van der Waals surface area contributed by atoms with Crippen molar-refractivity contribution in [3.8, 4) is 0 Å². The second-order valence-corrected chi connectivity index (χ2v) is 8.44. The average molecular weight is 306 g/mol. The molecule has 0 unspecified atom stereocenters. The number of hydrogen-bond donors (Lipinski definition) is 1. The molecule has 4 bridgehead atoms. The molecule has 3 atom stereocenters. The van der Waals surface area contributed by atoms with Crippen molar-refractivity contribution in [2.45, 2.75) is 70.4 Å². The summed E-state index contributed by atoms with van der Waals surface area (Å²) in [4.78, 5) is 22.9. The molecule has 5 aliphatic rings. The summed E-state index contributed by atoms with van der Waals surface area (Å²) in [5.74, 6) is 2.15. The van der Waals surface area contributed by atoms with E-state index in [1.807, 2.05) is 0 Å². The molecule has 5 nitrogen and oxygen atoms in total. The maximum Gasteiger partial charge on any atom is 0.230 e. The van der Waals surface area contributed by atoms with Crippen molar-refractivity contribution >= 4 is 5.91 Å². The van der Waals surface area contributed by atoms with Gasteiger partial charge in [-0.15, -0.1) is 0 Å². The minimum absolute atomic E-state index is 0.0655. The maximum atomic E-state index is 12.4. The molecule has 0 spiro atoms. The van der Waals surface area contributed by atoms with Crippen LogP contribution in [0.5, 0.6) is 0 Å². The summed E-state index contributed by atoms with van der Waals surface area (Å²) in [5.41, 5.74) is 0.290. The fourth-order valence-electron chi connectivity index (χ4n) is 6.27. The van der Waals surface area contributed by atoms with E-state index >= 15 is 0 Å². The molecule has 22 heavy (non-hydrogen) atoms. The number of nitrogens with zero attached hydrogens (tertiary/aromatic N) is 1. The predicted octanol–water partition coefficient (Wildman–Crippen LogP) is 2.76. The molecule has 1 N–H and O–H groups in total. The second kappa shape index (κ2) is 4.93. The number of rotatable bonds is 5. The molecule has 5 heteroatoms. The van der Waals surface area contributed by atoms with Crippen molar-refractivity contribution in [2.24, 2.45) is 29.1 Å². The van der Waals surface area contributed by atoms with E-state index in [2.05, 4.69) is 12.2 Å². The highest BCUT2D eigenvalue weighted by Gasteiger charge is 2.57. The normalized spacial score (nSPS) is 46.3. The third-order valence-corrected chi connectivity index (χ3v) is 6.91. The lowest BCUT2D eigenvalue weighted by Crippen LogP contribution is -2.57. The molecule has 0 radical (unpaired) electrons. The Balaban J connectivity index is 1.46. The zero-order chi connectivity index (χ0) is 15.5. The minimum atomic E-state index is -0.631. The lowest BCUT2D eigenvalue weighted by molar-refractivity contribution is -0.497. The lowest BCUT2D eigenvalue weighted by atomic mass is 9.47. The Morgan fingerprint density at radius 2 is 1.73 bits per heavy atom. The van der Waals surface area contributed by atoms with E-state index in [0.29, 0.717) is 6.42 Å². The zero-order valence-electron chi connectivity index (χ0n) is 13.3. The SMILES string of the molecule is CC[C@H](NC(=O)[C@H]1C[C@H]1[N+](=O)[O-])C12CC3CC(CC(C3)C1)C2. The molecule has 0 aliphatic heterocycles. The van der Waals surface area contributed by atoms with Gasteiger partial charge in [-0.25, -0.2) is 0 Å². The van der Waals surface area contributed by atoms with Crippen LogP contribution in [-0.2, 0) is 4.79 Å². The Labute approximate surface area is 131 Å². The van der Waals surface area contributed by atoms with Crippen LogP contribution in [0.15, 0.2) is 0 Å². The van der Waals surface area contributed by atoms with Crippen LogP contribution < -0.4 is 5.32 Å². The van der Waals surface area contributed by atoms with Gasteiger partial charge in [-0.1, -0.05) is 6.92 Å².